The Bertz CT molecular complexity index is 2790. The van der Waals surface area contributed by atoms with Crippen molar-refractivity contribution in [3.63, 3.8) is 0 Å². The third kappa shape index (κ3) is 5.26. The molecular weight excluding hydrogens is 691 g/mol. The number of benzene rings is 9. The van der Waals surface area contributed by atoms with Gasteiger partial charge < -0.3 is 9.64 Å². The third-order valence-electron chi connectivity index (χ3n) is 11.8. The second-order valence-corrected chi connectivity index (χ2v) is 14.8. The molecule has 11 rings (SSSR count). The first-order chi connectivity index (χ1) is 28.3. The molecule has 0 aromatic heterocycles. The van der Waals surface area contributed by atoms with E-state index < -0.39 is 5.41 Å². The average molecular weight is 728 g/mol. The van der Waals surface area contributed by atoms with Gasteiger partial charge in [0.2, 0.25) is 0 Å². The van der Waals surface area contributed by atoms with Crippen LogP contribution in [0.3, 0.4) is 0 Å². The molecule has 268 valence electrons. The van der Waals surface area contributed by atoms with Crippen LogP contribution in [0.1, 0.15) is 22.3 Å². The predicted molar refractivity (Wildman–Crippen MR) is 235 cm³/mol. The van der Waals surface area contributed by atoms with Crippen molar-refractivity contribution >= 4 is 17.1 Å². The van der Waals surface area contributed by atoms with Gasteiger partial charge in [-0.1, -0.05) is 176 Å². The molecule has 0 atom stereocenters. The van der Waals surface area contributed by atoms with Crippen LogP contribution >= 0.6 is 0 Å². The Labute approximate surface area is 333 Å². The fourth-order valence-electron chi connectivity index (χ4n) is 9.23. The van der Waals surface area contributed by atoms with Crippen molar-refractivity contribution in [2.75, 3.05) is 4.90 Å². The maximum absolute atomic E-state index is 6.62. The molecule has 57 heavy (non-hydrogen) atoms. The van der Waals surface area contributed by atoms with Crippen LogP contribution in [0, 0.1) is 0 Å². The molecule has 2 nitrogen and oxygen atoms in total. The quantitative estimate of drug-likeness (QED) is 0.169. The molecule has 2 heteroatoms. The summed E-state index contributed by atoms with van der Waals surface area (Å²) in [5, 5.41) is 0. The molecule has 0 amide bonds. The lowest BCUT2D eigenvalue weighted by Crippen LogP contribution is -2.32. The largest absolute Gasteiger partial charge is 0.457 e. The Morgan fingerprint density at radius 2 is 0.719 bits per heavy atom. The Hall–Kier alpha value is -7.42. The summed E-state index contributed by atoms with van der Waals surface area (Å²) in [4.78, 5) is 2.40. The highest BCUT2D eigenvalue weighted by atomic mass is 16.5. The summed E-state index contributed by atoms with van der Waals surface area (Å²) in [5.74, 6) is 1.79. The Morgan fingerprint density at radius 1 is 0.298 bits per heavy atom. The van der Waals surface area contributed by atoms with E-state index >= 15 is 0 Å². The first kappa shape index (κ1) is 33.0. The fraction of sp³-hybridized carbons (Fsp3) is 0.0182. The number of nitrogens with zero attached hydrogens (tertiary/aromatic N) is 1. The summed E-state index contributed by atoms with van der Waals surface area (Å²) in [6.07, 6.45) is 0. The number of hydrogen-bond donors (Lipinski definition) is 0. The summed E-state index contributed by atoms with van der Waals surface area (Å²) in [7, 11) is 0. The van der Waals surface area contributed by atoms with E-state index in [-0.39, 0.29) is 0 Å². The Balaban J connectivity index is 1.11. The molecule has 1 aliphatic heterocycles. The number of rotatable bonds is 6. The van der Waals surface area contributed by atoms with Gasteiger partial charge in [0.15, 0.2) is 0 Å². The zero-order valence-electron chi connectivity index (χ0n) is 31.2. The van der Waals surface area contributed by atoms with E-state index in [1.54, 1.807) is 0 Å². The van der Waals surface area contributed by atoms with Crippen molar-refractivity contribution < 1.29 is 4.74 Å². The zero-order valence-corrected chi connectivity index (χ0v) is 31.2. The van der Waals surface area contributed by atoms with Crippen molar-refractivity contribution in [2.24, 2.45) is 0 Å². The fourth-order valence-corrected chi connectivity index (χ4v) is 9.23. The minimum absolute atomic E-state index is 0.539. The van der Waals surface area contributed by atoms with Crippen LogP contribution in [-0.2, 0) is 5.41 Å². The van der Waals surface area contributed by atoms with Gasteiger partial charge in [0.1, 0.15) is 11.5 Å². The molecule has 0 saturated heterocycles. The van der Waals surface area contributed by atoms with Crippen LogP contribution in [0.2, 0.25) is 0 Å². The predicted octanol–water partition coefficient (Wildman–Crippen LogP) is 14.6. The van der Waals surface area contributed by atoms with Crippen LogP contribution in [0.5, 0.6) is 11.5 Å². The summed E-state index contributed by atoms with van der Waals surface area (Å²) in [6, 6.07) is 81.0. The molecular formula is C55H37NO. The average Bonchev–Trinajstić information content (AvgIpc) is 3.58. The van der Waals surface area contributed by atoms with Gasteiger partial charge in [-0.25, -0.2) is 0 Å². The van der Waals surface area contributed by atoms with E-state index in [0.29, 0.717) is 0 Å². The zero-order chi connectivity index (χ0) is 37.8. The maximum Gasteiger partial charge on any atom is 0.132 e. The van der Waals surface area contributed by atoms with E-state index in [2.05, 4.69) is 229 Å². The first-order valence-electron chi connectivity index (χ1n) is 19.6. The van der Waals surface area contributed by atoms with E-state index in [4.69, 9.17) is 4.74 Å². The van der Waals surface area contributed by atoms with E-state index in [1.807, 2.05) is 0 Å². The molecule has 0 radical (unpaired) electrons. The third-order valence-corrected chi connectivity index (χ3v) is 11.8. The van der Waals surface area contributed by atoms with Gasteiger partial charge in [-0.2, -0.15) is 0 Å². The van der Waals surface area contributed by atoms with Crippen LogP contribution in [0.4, 0.5) is 17.1 Å². The van der Waals surface area contributed by atoms with Crippen LogP contribution in [0.15, 0.2) is 224 Å². The molecule has 2 aliphatic rings. The topological polar surface area (TPSA) is 12.5 Å². The monoisotopic (exact) mass is 727 g/mol. The summed E-state index contributed by atoms with van der Waals surface area (Å²) >= 11 is 0. The van der Waals surface area contributed by atoms with Gasteiger partial charge in [0, 0.05) is 28.1 Å². The summed E-state index contributed by atoms with van der Waals surface area (Å²) in [5.41, 5.74) is 17.2. The molecule has 9 aromatic rings. The standard InChI is InChI=1S/C55H37NO/c1-3-15-38(16-4-1)40-27-32-43(33-28-40)56(44-34-29-41(30-35-44)39-17-5-2-6-18-39)52-24-12-8-19-45(52)42-31-36-47-46-20-7-9-21-48(46)55(51(47)37-42)49-22-10-13-25-53(49)57-54-26-14-11-23-50(54)55/h1-37H. The van der Waals surface area contributed by atoms with Crippen LogP contribution < -0.4 is 9.64 Å². The number of anilines is 3. The molecule has 1 spiro atoms. The lowest BCUT2D eigenvalue weighted by Gasteiger charge is -2.39. The highest BCUT2D eigenvalue weighted by Gasteiger charge is 2.51. The van der Waals surface area contributed by atoms with Gasteiger partial charge in [-0.05, 0) is 98.6 Å². The molecule has 1 aliphatic carbocycles. The molecule has 0 unspecified atom stereocenters. The maximum atomic E-state index is 6.62. The van der Waals surface area contributed by atoms with E-state index in [1.165, 1.54) is 55.6 Å². The molecule has 9 aromatic carbocycles. The first-order valence-corrected chi connectivity index (χ1v) is 19.6. The SMILES string of the molecule is c1ccc(-c2ccc(N(c3ccc(-c4ccccc4)cc3)c3ccccc3-c3ccc4c(c3)C3(c5ccccc5Oc5ccccc53)c3ccccc3-4)cc2)cc1. The Kier molecular flexibility index (Phi) is 7.75. The molecule has 0 saturated carbocycles. The van der Waals surface area contributed by atoms with Gasteiger partial charge in [-0.15, -0.1) is 0 Å². The van der Waals surface area contributed by atoms with E-state index in [9.17, 15) is 0 Å². The Morgan fingerprint density at radius 3 is 1.30 bits per heavy atom. The number of fused-ring (bicyclic) bond motifs is 9. The smallest absolute Gasteiger partial charge is 0.132 e. The van der Waals surface area contributed by atoms with Gasteiger partial charge in [0.05, 0.1) is 11.1 Å². The molecule has 0 bridgehead atoms. The van der Waals surface area contributed by atoms with Crippen molar-refractivity contribution in [3.05, 3.63) is 247 Å². The normalized spacial score (nSPS) is 12.8. The lowest BCUT2D eigenvalue weighted by atomic mass is 9.66. The van der Waals surface area contributed by atoms with Crippen LogP contribution in [0.25, 0.3) is 44.5 Å². The van der Waals surface area contributed by atoms with Gasteiger partial charge in [0.25, 0.3) is 0 Å². The van der Waals surface area contributed by atoms with Crippen molar-refractivity contribution in [2.45, 2.75) is 5.41 Å². The molecule has 0 fully saturated rings. The molecule has 0 N–H and O–H groups in total. The summed E-state index contributed by atoms with van der Waals surface area (Å²) in [6.45, 7) is 0. The number of hydrogen-bond acceptors (Lipinski definition) is 2. The van der Waals surface area contributed by atoms with Crippen molar-refractivity contribution in [3.8, 4) is 56.0 Å². The van der Waals surface area contributed by atoms with Crippen LogP contribution in [-0.4, -0.2) is 0 Å². The second kappa shape index (κ2) is 13.4. The minimum atomic E-state index is -0.539. The van der Waals surface area contributed by atoms with Crippen molar-refractivity contribution in [1.82, 2.24) is 0 Å². The lowest BCUT2D eigenvalue weighted by molar-refractivity contribution is 0.436. The van der Waals surface area contributed by atoms with Crippen molar-refractivity contribution in [1.29, 1.82) is 0 Å². The molecule has 1 heterocycles. The van der Waals surface area contributed by atoms with Gasteiger partial charge in [-0.3, -0.25) is 0 Å². The highest BCUT2D eigenvalue weighted by molar-refractivity contribution is 5.94. The number of ether oxygens (including phenoxy) is 1. The minimum Gasteiger partial charge on any atom is -0.457 e. The highest BCUT2D eigenvalue weighted by Crippen LogP contribution is 2.62. The summed E-state index contributed by atoms with van der Waals surface area (Å²) < 4.78 is 6.62. The number of para-hydroxylation sites is 3. The van der Waals surface area contributed by atoms with Gasteiger partial charge >= 0.3 is 0 Å². The van der Waals surface area contributed by atoms with E-state index in [0.717, 1.165) is 39.7 Å². The second-order valence-electron chi connectivity index (χ2n) is 14.8.